The van der Waals surface area contributed by atoms with Gasteiger partial charge in [-0.1, -0.05) is 50.6 Å². The zero-order valence-corrected chi connectivity index (χ0v) is 20.8. The molecule has 184 valence electrons. The molecule has 1 amide bonds. The molecule has 2 aromatic rings. The van der Waals surface area contributed by atoms with E-state index in [4.69, 9.17) is 14.2 Å². The Balaban J connectivity index is 1.54. The van der Waals surface area contributed by atoms with E-state index in [1.165, 1.54) is 24.8 Å². The van der Waals surface area contributed by atoms with Gasteiger partial charge < -0.3 is 24.0 Å². The van der Waals surface area contributed by atoms with E-state index in [9.17, 15) is 4.79 Å². The first kappa shape index (κ1) is 24.4. The van der Waals surface area contributed by atoms with Crippen molar-refractivity contribution in [1.82, 2.24) is 9.80 Å². The molecule has 34 heavy (non-hydrogen) atoms. The summed E-state index contributed by atoms with van der Waals surface area (Å²) in [5.74, 6) is 1.70. The van der Waals surface area contributed by atoms with Gasteiger partial charge in [-0.3, -0.25) is 4.79 Å². The third-order valence-electron chi connectivity index (χ3n) is 7.21. The van der Waals surface area contributed by atoms with E-state index in [1.807, 2.05) is 4.90 Å². The first-order chi connectivity index (χ1) is 16.6. The smallest absolute Gasteiger partial charge is 0.254 e. The van der Waals surface area contributed by atoms with Crippen LogP contribution in [0.2, 0.25) is 0 Å². The van der Waals surface area contributed by atoms with Crippen molar-refractivity contribution in [3.63, 3.8) is 0 Å². The van der Waals surface area contributed by atoms with Gasteiger partial charge in [-0.05, 0) is 63.0 Å². The van der Waals surface area contributed by atoms with Gasteiger partial charge in [0, 0.05) is 24.1 Å². The maximum atomic E-state index is 13.6. The average molecular weight is 467 g/mol. The molecule has 1 unspecified atom stereocenters. The highest BCUT2D eigenvalue weighted by atomic mass is 16.7. The molecular formula is C28H38N2O4. The highest BCUT2D eigenvalue weighted by molar-refractivity contribution is 5.96. The summed E-state index contributed by atoms with van der Waals surface area (Å²) in [6, 6.07) is 14.3. The maximum Gasteiger partial charge on any atom is 0.254 e. The molecule has 2 aliphatic heterocycles. The van der Waals surface area contributed by atoms with E-state index in [2.05, 4.69) is 49.1 Å². The van der Waals surface area contributed by atoms with Crippen LogP contribution >= 0.6 is 0 Å². The van der Waals surface area contributed by atoms with Gasteiger partial charge in [-0.2, -0.15) is 0 Å². The van der Waals surface area contributed by atoms with Gasteiger partial charge in [0.25, 0.3) is 5.91 Å². The minimum Gasteiger partial charge on any atom is -0.493 e. The molecule has 2 aliphatic rings. The van der Waals surface area contributed by atoms with Gasteiger partial charge in [-0.15, -0.1) is 0 Å². The van der Waals surface area contributed by atoms with Crippen LogP contribution in [0.3, 0.4) is 0 Å². The predicted octanol–water partition coefficient (Wildman–Crippen LogP) is 5.11. The van der Waals surface area contributed by atoms with E-state index < -0.39 is 0 Å². The van der Waals surface area contributed by atoms with Crippen molar-refractivity contribution in [3.8, 4) is 17.2 Å². The molecule has 1 fully saturated rings. The van der Waals surface area contributed by atoms with E-state index in [0.717, 1.165) is 45.6 Å². The fraction of sp³-hybridized carbons (Fsp3) is 0.536. The highest BCUT2D eigenvalue weighted by Crippen LogP contribution is 2.43. The number of carbonyl (C=O) groups excluding carboxylic acids is 1. The topological polar surface area (TPSA) is 51.2 Å². The molecule has 0 aromatic heterocycles. The number of methoxy groups -OCH3 is 1. The number of rotatable bonds is 11. The van der Waals surface area contributed by atoms with Gasteiger partial charge in [0.05, 0.1) is 7.11 Å². The van der Waals surface area contributed by atoms with Crippen molar-refractivity contribution < 1.29 is 19.0 Å². The molecule has 1 atom stereocenters. The SMILES string of the molecule is CCCCN(CCC)CCC1(c2ccccc2)CCN(C(=O)c2cc(OC)c3c(c2)OCO3)C1. The Labute approximate surface area is 203 Å². The van der Waals surface area contributed by atoms with E-state index >= 15 is 0 Å². The summed E-state index contributed by atoms with van der Waals surface area (Å²) >= 11 is 0. The molecule has 2 aromatic carbocycles. The first-order valence-corrected chi connectivity index (χ1v) is 12.6. The molecule has 0 radical (unpaired) electrons. The normalized spacial score (nSPS) is 19.1. The summed E-state index contributed by atoms with van der Waals surface area (Å²) < 4.78 is 16.5. The first-order valence-electron chi connectivity index (χ1n) is 12.6. The van der Waals surface area contributed by atoms with Gasteiger partial charge in [0.15, 0.2) is 11.5 Å². The predicted molar refractivity (Wildman–Crippen MR) is 134 cm³/mol. The molecule has 0 bridgehead atoms. The van der Waals surface area contributed by atoms with E-state index in [1.54, 1.807) is 19.2 Å². The minimum absolute atomic E-state index is 0.0193. The quantitative estimate of drug-likeness (QED) is 0.461. The second kappa shape index (κ2) is 11.1. The molecule has 6 nitrogen and oxygen atoms in total. The molecule has 0 N–H and O–H groups in total. The van der Waals surface area contributed by atoms with Crippen LogP contribution in [-0.2, 0) is 5.41 Å². The third-order valence-corrected chi connectivity index (χ3v) is 7.21. The lowest BCUT2D eigenvalue weighted by molar-refractivity contribution is 0.0780. The Morgan fingerprint density at radius 1 is 1.09 bits per heavy atom. The van der Waals surface area contributed by atoms with Crippen molar-refractivity contribution in [2.45, 2.75) is 51.4 Å². The number of ether oxygens (including phenoxy) is 3. The van der Waals surface area contributed by atoms with Crippen LogP contribution in [0.5, 0.6) is 17.2 Å². The molecule has 0 saturated carbocycles. The van der Waals surface area contributed by atoms with Crippen LogP contribution in [0.25, 0.3) is 0 Å². The number of amides is 1. The Hall–Kier alpha value is -2.73. The fourth-order valence-electron chi connectivity index (χ4n) is 5.26. The zero-order valence-electron chi connectivity index (χ0n) is 20.8. The van der Waals surface area contributed by atoms with Crippen molar-refractivity contribution in [1.29, 1.82) is 0 Å². The van der Waals surface area contributed by atoms with Gasteiger partial charge in [0.1, 0.15) is 0 Å². The van der Waals surface area contributed by atoms with Crippen LogP contribution < -0.4 is 14.2 Å². The van der Waals surface area contributed by atoms with Crippen LogP contribution in [0.15, 0.2) is 42.5 Å². The second-order valence-electron chi connectivity index (χ2n) is 9.48. The number of unbranched alkanes of at least 4 members (excludes halogenated alkanes) is 1. The fourth-order valence-corrected chi connectivity index (χ4v) is 5.26. The average Bonchev–Trinajstić information content (AvgIpc) is 3.53. The number of nitrogens with zero attached hydrogens (tertiary/aromatic N) is 2. The van der Waals surface area contributed by atoms with Crippen LogP contribution in [0, 0.1) is 0 Å². The monoisotopic (exact) mass is 466 g/mol. The largest absolute Gasteiger partial charge is 0.493 e. The van der Waals surface area contributed by atoms with Gasteiger partial charge in [0.2, 0.25) is 12.5 Å². The van der Waals surface area contributed by atoms with Crippen molar-refractivity contribution in [2.75, 3.05) is 46.6 Å². The highest BCUT2D eigenvalue weighted by Gasteiger charge is 2.41. The maximum absolute atomic E-state index is 13.6. The lowest BCUT2D eigenvalue weighted by atomic mass is 9.76. The molecule has 0 aliphatic carbocycles. The Kier molecular flexibility index (Phi) is 7.99. The Bertz CT molecular complexity index is 964. The summed E-state index contributed by atoms with van der Waals surface area (Å²) in [5.41, 5.74) is 1.89. The lowest BCUT2D eigenvalue weighted by Gasteiger charge is -2.33. The van der Waals surface area contributed by atoms with Gasteiger partial charge >= 0.3 is 0 Å². The number of likely N-dealkylation sites (tertiary alicyclic amines) is 1. The van der Waals surface area contributed by atoms with Crippen LogP contribution in [0.4, 0.5) is 0 Å². The van der Waals surface area contributed by atoms with Crippen LogP contribution in [-0.4, -0.2) is 62.3 Å². The number of benzene rings is 2. The Morgan fingerprint density at radius 2 is 1.91 bits per heavy atom. The zero-order chi connectivity index (χ0) is 24.0. The summed E-state index contributed by atoms with van der Waals surface area (Å²) in [6.07, 6.45) is 5.63. The Morgan fingerprint density at radius 3 is 2.65 bits per heavy atom. The molecular weight excluding hydrogens is 428 g/mol. The second-order valence-corrected chi connectivity index (χ2v) is 9.48. The van der Waals surface area contributed by atoms with Crippen molar-refractivity contribution >= 4 is 5.91 Å². The van der Waals surface area contributed by atoms with Gasteiger partial charge in [-0.25, -0.2) is 0 Å². The standard InChI is InChI=1S/C28H38N2O4/c1-4-6-15-29(14-5-2)16-12-28(23-10-8-7-9-11-23)13-17-30(20-28)27(31)22-18-24(32-3)26-25(19-22)33-21-34-26/h7-11,18-19H,4-6,12-17,20-21H2,1-3H3. The van der Waals surface area contributed by atoms with Crippen molar-refractivity contribution in [3.05, 3.63) is 53.6 Å². The van der Waals surface area contributed by atoms with E-state index in [0.29, 0.717) is 22.8 Å². The summed E-state index contributed by atoms with van der Waals surface area (Å²) in [4.78, 5) is 18.2. The minimum atomic E-state index is -0.0322. The van der Waals surface area contributed by atoms with Crippen molar-refractivity contribution in [2.24, 2.45) is 0 Å². The summed E-state index contributed by atoms with van der Waals surface area (Å²) in [6.45, 7) is 9.45. The lowest BCUT2D eigenvalue weighted by Crippen LogP contribution is -2.38. The third kappa shape index (κ3) is 5.17. The molecule has 2 heterocycles. The molecule has 6 heteroatoms. The number of hydrogen-bond acceptors (Lipinski definition) is 5. The summed E-state index contributed by atoms with van der Waals surface area (Å²) in [7, 11) is 1.59. The molecule has 1 saturated heterocycles. The number of hydrogen-bond donors (Lipinski definition) is 0. The summed E-state index contributed by atoms with van der Waals surface area (Å²) in [5, 5.41) is 0. The molecule has 4 rings (SSSR count). The van der Waals surface area contributed by atoms with Crippen LogP contribution in [0.1, 0.15) is 61.9 Å². The number of fused-ring (bicyclic) bond motifs is 1. The molecule has 0 spiro atoms. The number of carbonyl (C=O) groups is 1. The van der Waals surface area contributed by atoms with E-state index in [-0.39, 0.29) is 18.1 Å².